The van der Waals surface area contributed by atoms with Crippen LogP contribution in [0.25, 0.3) is 10.9 Å². The summed E-state index contributed by atoms with van der Waals surface area (Å²) in [6.07, 6.45) is 3.12. The number of aromatic nitrogens is 1. The molecular formula is C16H17BrN2O. The highest BCUT2D eigenvalue weighted by Gasteiger charge is 2.23. The molecule has 1 atom stereocenters. The molecule has 0 spiro atoms. The molecule has 0 amide bonds. The van der Waals surface area contributed by atoms with Crippen LogP contribution >= 0.6 is 15.9 Å². The summed E-state index contributed by atoms with van der Waals surface area (Å²) in [5.74, 6) is 0.982. The normalized spacial score (nSPS) is 16.0. The van der Waals surface area contributed by atoms with Gasteiger partial charge in [0, 0.05) is 16.3 Å². The molecule has 2 aromatic rings. The van der Waals surface area contributed by atoms with E-state index in [4.69, 9.17) is 9.72 Å². The van der Waals surface area contributed by atoms with Crippen molar-refractivity contribution in [3.8, 4) is 0 Å². The number of halogens is 1. The minimum atomic E-state index is 0.0153. The van der Waals surface area contributed by atoms with Crippen LogP contribution in [0.4, 0.5) is 0 Å². The monoisotopic (exact) mass is 332 g/mol. The summed E-state index contributed by atoms with van der Waals surface area (Å²) in [5, 5.41) is 4.60. The van der Waals surface area contributed by atoms with Crippen LogP contribution in [0.3, 0.4) is 0 Å². The van der Waals surface area contributed by atoms with Crippen molar-refractivity contribution in [1.82, 2.24) is 10.3 Å². The molecule has 0 radical (unpaired) electrons. The van der Waals surface area contributed by atoms with Gasteiger partial charge >= 0.3 is 0 Å². The summed E-state index contributed by atoms with van der Waals surface area (Å²) in [6, 6.07) is 10.3. The molecule has 1 aliphatic heterocycles. The van der Waals surface area contributed by atoms with Crippen molar-refractivity contribution in [1.29, 1.82) is 0 Å². The maximum Gasteiger partial charge on any atom is 0.115 e. The molecular weight excluding hydrogens is 316 g/mol. The predicted octanol–water partition coefficient (Wildman–Crippen LogP) is 3.95. The van der Waals surface area contributed by atoms with Crippen LogP contribution in [-0.4, -0.2) is 18.1 Å². The van der Waals surface area contributed by atoms with Gasteiger partial charge in [0.2, 0.25) is 0 Å². The molecule has 1 aliphatic rings. The van der Waals surface area contributed by atoms with E-state index >= 15 is 0 Å². The Bertz CT molecular complexity index is 654. The Balaban J connectivity index is 2.07. The molecule has 3 rings (SSSR count). The van der Waals surface area contributed by atoms with Crippen molar-refractivity contribution in [3.63, 3.8) is 0 Å². The number of fused-ring (bicyclic) bond motifs is 1. The molecule has 1 aromatic heterocycles. The second-order valence-corrected chi connectivity index (χ2v) is 5.64. The van der Waals surface area contributed by atoms with Crippen molar-refractivity contribution < 1.29 is 4.74 Å². The Hall–Kier alpha value is -1.39. The minimum Gasteiger partial charge on any atom is -0.496 e. The Kier molecular flexibility index (Phi) is 4.03. The van der Waals surface area contributed by atoms with Crippen LogP contribution in [-0.2, 0) is 4.74 Å². The third-order valence-corrected chi connectivity index (χ3v) is 4.04. The second kappa shape index (κ2) is 5.94. The number of ether oxygens (including phenoxy) is 1. The van der Waals surface area contributed by atoms with Crippen molar-refractivity contribution in [2.24, 2.45) is 0 Å². The summed E-state index contributed by atoms with van der Waals surface area (Å²) >= 11 is 3.65. The molecule has 0 saturated heterocycles. The van der Waals surface area contributed by atoms with Gasteiger partial charge in [0.1, 0.15) is 11.8 Å². The highest BCUT2D eigenvalue weighted by atomic mass is 79.9. The van der Waals surface area contributed by atoms with E-state index in [1.807, 2.05) is 18.2 Å². The van der Waals surface area contributed by atoms with Gasteiger partial charge in [-0.2, -0.15) is 0 Å². The maximum atomic E-state index is 5.73. The molecule has 0 saturated carbocycles. The van der Waals surface area contributed by atoms with Crippen LogP contribution in [0.2, 0.25) is 0 Å². The first-order chi connectivity index (χ1) is 9.79. The van der Waals surface area contributed by atoms with Gasteiger partial charge in [-0.1, -0.05) is 25.1 Å². The third-order valence-electron chi connectivity index (χ3n) is 3.40. The first-order valence-electron chi connectivity index (χ1n) is 6.91. The average Bonchev–Trinajstić information content (AvgIpc) is 2.98. The Morgan fingerprint density at radius 2 is 2.25 bits per heavy atom. The Labute approximate surface area is 127 Å². The predicted molar refractivity (Wildman–Crippen MR) is 84.5 cm³/mol. The molecule has 1 aromatic carbocycles. The standard InChI is InChI=1S/C16H17BrN2O/c1-2-18-16(14-8-5-9-20-14)15-12(17)10-11-6-3-4-7-13(11)19-15/h3-4,6-8,10,16,18H,2,5,9H2,1H3. The molecule has 0 bridgehead atoms. The molecule has 4 heteroatoms. The molecule has 1 N–H and O–H groups in total. The molecule has 1 unspecified atom stereocenters. The number of benzene rings is 1. The average molecular weight is 333 g/mol. The Morgan fingerprint density at radius 3 is 3.00 bits per heavy atom. The lowest BCUT2D eigenvalue weighted by Crippen LogP contribution is -2.24. The third kappa shape index (κ3) is 2.58. The fourth-order valence-electron chi connectivity index (χ4n) is 2.48. The van der Waals surface area contributed by atoms with Crippen molar-refractivity contribution in [2.75, 3.05) is 13.2 Å². The van der Waals surface area contributed by atoms with E-state index < -0.39 is 0 Å². The van der Waals surface area contributed by atoms with Gasteiger partial charge in [-0.25, -0.2) is 4.98 Å². The summed E-state index contributed by atoms with van der Waals surface area (Å²) in [7, 11) is 0. The van der Waals surface area contributed by atoms with Gasteiger partial charge in [0.05, 0.1) is 17.8 Å². The summed E-state index contributed by atoms with van der Waals surface area (Å²) in [5.41, 5.74) is 1.99. The zero-order valence-electron chi connectivity index (χ0n) is 11.4. The first kappa shape index (κ1) is 13.6. The number of nitrogens with zero attached hydrogens (tertiary/aromatic N) is 1. The number of hydrogen-bond donors (Lipinski definition) is 1. The summed E-state index contributed by atoms with van der Waals surface area (Å²) in [4.78, 5) is 4.81. The van der Waals surface area contributed by atoms with Gasteiger partial charge < -0.3 is 10.1 Å². The number of hydrogen-bond acceptors (Lipinski definition) is 3. The van der Waals surface area contributed by atoms with Crippen molar-refractivity contribution >= 4 is 26.8 Å². The zero-order valence-corrected chi connectivity index (χ0v) is 13.0. The summed E-state index contributed by atoms with van der Waals surface area (Å²) in [6.45, 7) is 3.73. The first-order valence-corrected chi connectivity index (χ1v) is 7.70. The lowest BCUT2D eigenvalue weighted by Gasteiger charge is -2.20. The second-order valence-electron chi connectivity index (χ2n) is 4.78. The SMILES string of the molecule is CCNC(C1=CCCO1)c1nc2ccccc2cc1Br. The van der Waals surface area contributed by atoms with Gasteiger partial charge in [-0.15, -0.1) is 0 Å². The number of likely N-dealkylation sites (N-methyl/N-ethyl adjacent to an activating group) is 1. The maximum absolute atomic E-state index is 5.73. The number of pyridine rings is 1. The molecule has 0 aliphatic carbocycles. The van der Waals surface area contributed by atoms with E-state index in [1.165, 1.54) is 0 Å². The molecule has 0 fully saturated rings. The van der Waals surface area contributed by atoms with E-state index in [1.54, 1.807) is 0 Å². The van der Waals surface area contributed by atoms with Crippen LogP contribution in [0.1, 0.15) is 25.1 Å². The fourth-order valence-corrected chi connectivity index (χ4v) is 3.05. The molecule has 2 heterocycles. The van der Waals surface area contributed by atoms with Gasteiger partial charge in [0.25, 0.3) is 0 Å². The molecule has 20 heavy (non-hydrogen) atoms. The van der Waals surface area contributed by atoms with E-state index in [0.717, 1.165) is 46.4 Å². The topological polar surface area (TPSA) is 34.1 Å². The number of rotatable bonds is 4. The smallest absolute Gasteiger partial charge is 0.115 e. The largest absolute Gasteiger partial charge is 0.496 e. The van der Waals surface area contributed by atoms with E-state index in [0.29, 0.717) is 0 Å². The van der Waals surface area contributed by atoms with Crippen LogP contribution in [0.15, 0.2) is 46.6 Å². The Morgan fingerprint density at radius 1 is 1.40 bits per heavy atom. The van der Waals surface area contributed by atoms with Crippen LogP contribution in [0, 0.1) is 0 Å². The molecule has 104 valence electrons. The number of para-hydroxylation sites is 1. The van der Waals surface area contributed by atoms with Gasteiger partial charge in [0.15, 0.2) is 0 Å². The van der Waals surface area contributed by atoms with Gasteiger partial charge in [-0.3, -0.25) is 0 Å². The molecule has 3 nitrogen and oxygen atoms in total. The van der Waals surface area contributed by atoms with Crippen LogP contribution < -0.4 is 5.32 Å². The van der Waals surface area contributed by atoms with E-state index in [9.17, 15) is 0 Å². The zero-order chi connectivity index (χ0) is 13.9. The van der Waals surface area contributed by atoms with Crippen LogP contribution in [0.5, 0.6) is 0 Å². The quantitative estimate of drug-likeness (QED) is 0.920. The highest BCUT2D eigenvalue weighted by molar-refractivity contribution is 9.10. The minimum absolute atomic E-state index is 0.0153. The summed E-state index contributed by atoms with van der Waals surface area (Å²) < 4.78 is 6.74. The van der Waals surface area contributed by atoms with Crippen molar-refractivity contribution in [2.45, 2.75) is 19.4 Å². The lowest BCUT2D eigenvalue weighted by molar-refractivity contribution is 0.215. The van der Waals surface area contributed by atoms with Gasteiger partial charge in [-0.05, 0) is 40.7 Å². The lowest BCUT2D eigenvalue weighted by atomic mass is 10.1. The van der Waals surface area contributed by atoms with E-state index in [-0.39, 0.29) is 6.04 Å². The van der Waals surface area contributed by atoms with Crippen molar-refractivity contribution in [3.05, 3.63) is 52.3 Å². The number of nitrogens with one attached hydrogen (secondary N) is 1. The fraction of sp³-hybridized carbons (Fsp3) is 0.312. The highest BCUT2D eigenvalue weighted by Crippen LogP contribution is 2.32. The van der Waals surface area contributed by atoms with E-state index in [2.05, 4.69) is 46.4 Å².